The molecule has 0 atom stereocenters. The van der Waals surface area contributed by atoms with Crippen molar-refractivity contribution in [2.24, 2.45) is 0 Å². The average Bonchev–Trinajstić information content (AvgIpc) is 2.32. The van der Waals surface area contributed by atoms with Crippen LogP contribution in [0.4, 0.5) is 13.2 Å². The van der Waals surface area contributed by atoms with Crippen molar-refractivity contribution in [1.29, 1.82) is 0 Å². The van der Waals surface area contributed by atoms with Crippen molar-refractivity contribution in [2.45, 2.75) is 19.0 Å². The molecule has 0 aliphatic carbocycles. The largest absolute Gasteiger partial charge is 0.492 e. The Morgan fingerprint density at radius 2 is 2.00 bits per heavy atom. The van der Waals surface area contributed by atoms with Crippen LogP contribution in [-0.4, -0.2) is 24.4 Å². The average molecular weight is 279 g/mol. The third-order valence-electron chi connectivity index (χ3n) is 2.14. The van der Waals surface area contributed by atoms with Gasteiger partial charge in [-0.05, 0) is 24.4 Å². The highest BCUT2D eigenvalue weighted by Crippen LogP contribution is 2.30. The van der Waals surface area contributed by atoms with E-state index in [2.05, 4.69) is 5.32 Å². The van der Waals surface area contributed by atoms with Crippen LogP contribution < -0.4 is 10.1 Å². The van der Waals surface area contributed by atoms with Crippen LogP contribution >= 0.6 is 11.8 Å². The first kappa shape index (κ1) is 15.2. The monoisotopic (exact) mass is 279 g/mol. The molecule has 0 aliphatic rings. The Bertz CT molecular complexity index is 357. The number of rotatable bonds is 7. The SMILES string of the molecule is CCNCc1ccccc1OCCSC(F)(F)F. The molecule has 0 bridgehead atoms. The Labute approximate surface area is 109 Å². The van der Waals surface area contributed by atoms with Gasteiger partial charge in [-0.1, -0.05) is 25.1 Å². The summed E-state index contributed by atoms with van der Waals surface area (Å²) in [6.07, 6.45) is 0. The van der Waals surface area contributed by atoms with Crippen LogP contribution in [-0.2, 0) is 6.54 Å². The summed E-state index contributed by atoms with van der Waals surface area (Å²) in [6, 6.07) is 7.35. The Hall–Kier alpha value is -0.880. The molecule has 1 N–H and O–H groups in total. The van der Waals surface area contributed by atoms with Gasteiger partial charge >= 0.3 is 5.51 Å². The smallest absolute Gasteiger partial charge is 0.441 e. The molecular formula is C12H16F3NOS. The zero-order chi connectivity index (χ0) is 13.4. The van der Waals surface area contributed by atoms with E-state index in [9.17, 15) is 13.2 Å². The van der Waals surface area contributed by atoms with Gasteiger partial charge in [0.15, 0.2) is 0 Å². The molecular weight excluding hydrogens is 263 g/mol. The van der Waals surface area contributed by atoms with Gasteiger partial charge in [0.2, 0.25) is 0 Å². The van der Waals surface area contributed by atoms with Crippen molar-refractivity contribution in [3.8, 4) is 5.75 Å². The maximum Gasteiger partial charge on any atom is 0.441 e. The van der Waals surface area contributed by atoms with Gasteiger partial charge in [-0.3, -0.25) is 0 Å². The van der Waals surface area contributed by atoms with E-state index < -0.39 is 5.51 Å². The van der Waals surface area contributed by atoms with Gasteiger partial charge in [-0.25, -0.2) is 0 Å². The van der Waals surface area contributed by atoms with E-state index in [1.165, 1.54) is 0 Å². The summed E-state index contributed by atoms with van der Waals surface area (Å²) in [5, 5.41) is 3.15. The number of halogens is 3. The predicted molar refractivity (Wildman–Crippen MR) is 67.8 cm³/mol. The summed E-state index contributed by atoms with van der Waals surface area (Å²) in [6.45, 7) is 3.52. The van der Waals surface area contributed by atoms with Gasteiger partial charge in [0, 0.05) is 17.9 Å². The lowest BCUT2D eigenvalue weighted by atomic mass is 10.2. The van der Waals surface area contributed by atoms with Gasteiger partial charge < -0.3 is 10.1 Å². The van der Waals surface area contributed by atoms with E-state index in [1.807, 2.05) is 25.1 Å². The standard InChI is InChI=1S/C12H16F3NOS/c1-2-16-9-10-5-3-4-6-11(10)17-7-8-18-12(13,14)15/h3-6,16H,2,7-9H2,1H3. The molecule has 18 heavy (non-hydrogen) atoms. The van der Waals surface area contributed by atoms with Crippen LogP contribution in [0.15, 0.2) is 24.3 Å². The van der Waals surface area contributed by atoms with E-state index in [4.69, 9.17) is 4.74 Å². The first-order valence-corrected chi connectivity index (χ1v) is 6.63. The van der Waals surface area contributed by atoms with E-state index in [-0.39, 0.29) is 24.1 Å². The molecule has 102 valence electrons. The van der Waals surface area contributed by atoms with E-state index in [1.54, 1.807) is 6.07 Å². The number of nitrogens with one attached hydrogen (secondary N) is 1. The number of alkyl halides is 3. The van der Waals surface area contributed by atoms with Crippen LogP contribution in [0.1, 0.15) is 12.5 Å². The molecule has 0 unspecified atom stereocenters. The maximum absolute atomic E-state index is 11.9. The summed E-state index contributed by atoms with van der Waals surface area (Å²) >= 11 is -0.0641. The number of ether oxygens (including phenoxy) is 1. The van der Waals surface area contributed by atoms with Crippen LogP contribution in [0.2, 0.25) is 0 Å². The zero-order valence-corrected chi connectivity index (χ0v) is 10.9. The molecule has 1 rings (SSSR count). The highest BCUT2D eigenvalue weighted by Gasteiger charge is 2.27. The molecule has 0 spiro atoms. The molecule has 0 aromatic heterocycles. The van der Waals surface area contributed by atoms with Crippen molar-refractivity contribution >= 4 is 11.8 Å². The second-order valence-corrected chi connectivity index (χ2v) is 4.69. The van der Waals surface area contributed by atoms with Gasteiger partial charge in [0.25, 0.3) is 0 Å². The second-order valence-electron chi connectivity index (χ2n) is 3.53. The van der Waals surface area contributed by atoms with Crippen molar-refractivity contribution in [3.63, 3.8) is 0 Å². The molecule has 0 fully saturated rings. The highest BCUT2D eigenvalue weighted by molar-refractivity contribution is 8.00. The Balaban J connectivity index is 2.41. The summed E-state index contributed by atoms with van der Waals surface area (Å²) in [4.78, 5) is 0. The molecule has 0 radical (unpaired) electrons. The molecule has 0 heterocycles. The van der Waals surface area contributed by atoms with Gasteiger partial charge in [0.05, 0.1) is 6.61 Å². The lowest BCUT2D eigenvalue weighted by molar-refractivity contribution is -0.0329. The summed E-state index contributed by atoms with van der Waals surface area (Å²) in [5.41, 5.74) is -3.23. The molecule has 6 heteroatoms. The summed E-state index contributed by atoms with van der Waals surface area (Å²) < 4.78 is 41.1. The number of hydrogen-bond acceptors (Lipinski definition) is 3. The number of para-hydroxylation sites is 1. The summed E-state index contributed by atoms with van der Waals surface area (Å²) in [5.74, 6) is 0.542. The maximum atomic E-state index is 11.9. The van der Waals surface area contributed by atoms with Crippen LogP contribution in [0.5, 0.6) is 5.75 Å². The van der Waals surface area contributed by atoms with Crippen LogP contribution in [0.3, 0.4) is 0 Å². The molecule has 0 saturated heterocycles. The fourth-order valence-electron chi connectivity index (χ4n) is 1.36. The van der Waals surface area contributed by atoms with Crippen LogP contribution in [0.25, 0.3) is 0 Å². The van der Waals surface area contributed by atoms with E-state index in [0.29, 0.717) is 12.3 Å². The zero-order valence-electron chi connectivity index (χ0n) is 10.1. The lowest BCUT2D eigenvalue weighted by Gasteiger charge is -2.12. The Morgan fingerprint density at radius 1 is 1.28 bits per heavy atom. The summed E-state index contributed by atoms with van der Waals surface area (Å²) in [7, 11) is 0. The van der Waals surface area contributed by atoms with Gasteiger partial charge in [-0.2, -0.15) is 13.2 Å². The van der Waals surface area contributed by atoms with Crippen LogP contribution in [0, 0.1) is 0 Å². The fraction of sp³-hybridized carbons (Fsp3) is 0.500. The number of thioether (sulfide) groups is 1. The Kier molecular flexibility index (Phi) is 6.35. The molecule has 0 amide bonds. The van der Waals surface area contributed by atoms with Crippen molar-refractivity contribution in [1.82, 2.24) is 5.32 Å². The van der Waals surface area contributed by atoms with Crippen molar-refractivity contribution in [2.75, 3.05) is 18.9 Å². The minimum atomic E-state index is -4.19. The first-order chi connectivity index (χ1) is 8.53. The quantitative estimate of drug-likeness (QED) is 0.773. The van der Waals surface area contributed by atoms with Gasteiger partial charge in [0.1, 0.15) is 5.75 Å². The Morgan fingerprint density at radius 3 is 2.67 bits per heavy atom. The normalized spacial score (nSPS) is 11.6. The third kappa shape index (κ3) is 6.16. The molecule has 0 aliphatic heterocycles. The molecule has 2 nitrogen and oxygen atoms in total. The minimum Gasteiger partial charge on any atom is -0.492 e. The van der Waals surface area contributed by atoms with Gasteiger partial charge in [-0.15, -0.1) is 0 Å². The number of hydrogen-bond donors (Lipinski definition) is 1. The predicted octanol–water partition coefficient (Wildman–Crippen LogP) is 3.43. The molecule has 0 saturated carbocycles. The first-order valence-electron chi connectivity index (χ1n) is 5.65. The lowest BCUT2D eigenvalue weighted by Crippen LogP contribution is -2.13. The second kappa shape index (κ2) is 7.53. The highest BCUT2D eigenvalue weighted by atomic mass is 32.2. The van der Waals surface area contributed by atoms with E-state index >= 15 is 0 Å². The minimum absolute atomic E-state index is 0.0489. The number of benzene rings is 1. The molecule has 1 aromatic rings. The van der Waals surface area contributed by atoms with Crippen molar-refractivity contribution in [3.05, 3.63) is 29.8 Å². The fourth-order valence-corrected chi connectivity index (χ4v) is 1.76. The van der Waals surface area contributed by atoms with Crippen molar-refractivity contribution < 1.29 is 17.9 Å². The third-order valence-corrected chi connectivity index (χ3v) is 2.84. The topological polar surface area (TPSA) is 21.3 Å². The van der Waals surface area contributed by atoms with E-state index in [0.717, 1.165) is 12.1 Å². The molecule has 1 aromatic carbocycles.